The summed E-state index contributed by atoms with van der Waals surface area (Å²) >= 11 is 0. The van der Waals surface area contributed by atoms with Crippen molar-refractivity contribution in [2.24, 2.45) is 5.41 Å². The van der Waals surface area contributed by atoms with E-state index < -0.39 is 0 Å². The van der Waals surface area contributed by atoms with Gasteiger partial charge in [0.2, 0.25) is 0 Å². The Morgan fingerprint density at radius 3 is 2.23 bits per heavy atom. The van der Waals surface area contributed by atoms with Gasteiger partial charge in [-0.15, -0.1) is 0 Å². The van der Waals surface area contributed by atoms with Crippen LogP contribution in [-0.4, -0.2) is 0 Å². The highest BCUT2D eigenvalue weighted by molar-refractivity contribution is 5.83. The summed E-state index contributed by atoms with van der Waals surface area (Å²) in [5, 5.41) is 0. The van der Waals surface area contributed by atoms with Crippen LogP contribution >= 0.6 is 0 Å². The number of rotatable bonds is 2. The van der Waals surface area contributed by atoms with Gasteiger partial charge in [-0.2, -0.15) is 0 Å². The summed E-state index contributed by atoms with van der Waals surface area (Å²) in [5.41, 5.74) is 11.9. The summed E-state index contributed by atoms with van der Waals surface area (Å²) in [6.07, 6.45) is 5.97. The summed E-state index contributed by atoms with van der Waals surface area (Å²) in [5.74, 6) is 0.434. The van der Waals surface area contributed by atoms with Crippen molar-refractivity contribution in [3.05, 3.63) is 88.0 Å². The van der Waals surface area contributed by atoms with Crippen LogP contribution in [0.3, 0.4) is 0 Å². The molecule has 0 aliphatic heterocycles. The fourth-order valence-corrected chi connectivity index (χ4v) is 4.72. The van der Waals surface area contributed by atoms with Crippen molar-refractivity contribution < 1.29 is 0 Å². The van der Waals surface area contributed by atoms with Crippen LogP contribution < -0.4 is 0 Å². The SMILES string of the molecule is CC1=Cc2c(-c3ccccc3)cccc2C1C1=CC(C)=C(C(C)(C)C)C1. The summed E-state index contributed by atoms with van der Waals surface area (Å²) in [6, 6.07) is 17.6. The van der Waals surface area contributed by atoms with Crippen LogP contribution in [0.1, 0.15) is 58.1 Å². The van der Waals surface area contributed by atoms with Crippen molar-refractivity contribution >= 4 is 6.08 Å². The third kappa shape index (κ3) is 2.78. The van der Waals surface area contributed by atoms with Crippen molar-refractivity contribution in [2.75, 3.05) is 0 Å². The molecule has 0 fully saturated rings. The molecular formula is C26H28. The zero-order chi connectivity index (χ0) is 18.5. The predicted octanol–water partition coefficient (Wildman–Crippen LogP) is 7.55. The number of allylic oxidation sites excluding steroid dienone is 5. The molecule has 2 aromatic rings. The Bertz CT molecular complexity index is 943. The van der Waals surface area contributed by atoms with E-state index in [1.54, 1.807) is 11.1 Å². The van der Waals surface area contributed by atoms with E-state index in [-0.39, 0.29) is 5.41 Å². The third-order valence-corrected chi connectivity index (χ3v) is 5.90. The summed E-state index contributed by atoms with van der Waals surface area (Å²) < 4.78 is 0. The van der Waals surface area contributed by atoms with Gasteiger partial charge in [-0.25, -0.2) is 0 Å². The second kappa shape index (κ2) is 6.13. The molecule has 2 aliphatic rings. The zero-order valence-electron chi connectivity index (χ0n) is 16.6. The lowest BCUT2D eigenvalue weighted by Crippen LogP contribution is -2.10. The fraction of sp³-hybridized carbons (Fsp3) is 0.308. The maximum Gasteiger partial charge on any atom is 0.0270 e. The first-order chi connectivity index (χ1) is 12.4. The van der Waals surface area contributed by atoms with Crippen molar-refractivity contribution in [3.8, 4) is 11.1 Å². The molecule has 0 amide bonds. The van der Waals surface area contributed by atoms with Crippen LogP contribution in [0.25, 0.3) is 17.2 Å². The Kier molecular flexibility index (Phi) is 4.03. The first-order valence-corrected chi connectivity index (χ1v) is 9.63. The van der Waals surface area contributed by atoms with Crippen LogP contribution in [0.2, 0.25) is 0 Å². The monoisotopic (exact) mass is 340 g/mol. The average molecular weight is 341 g/mol. The van der Waals surface area contributed by atoms with Crippen LogP contribution in [0.4, 0.5) is 0 Å². The molecule has 1 atom stereocenters. The maximum atomic E-state index is 2.45. The predicted molar refractivity (Wildman–Crippen MR) is 113 cm³/mol. The molecule has 26 heavy (non-hydrogen) atoms. The summed E-state index contributed by atoms with van der Waals surface area (Å²) in [7, 11) is 0. The van der Waals surface area contributed by atoms with E-state index in [4.69, 9.17) is 0 Å². The van der Waals surface area contributed by atoms with Crippen LogP contribution in [-0.2, 0) is 0 Å². The smallest absolute Gasteiger partial charge is 0.0270 e. The Labute approximate surface area is 158 Å². The summed E-state index contributed by atoms with van der Waals surface area (Å²) in [6.45, 7) is 11.6. The second-order valence-corrected chi connectivity index (χ2v) is 8.80. The van der Waals surface area contributed by atoms with E-state index in [0.717, 1.165) is 6.42 Å². The molecule has 0 aromatic heterocycles. The fourth-order valence-electron chi connectivity index (χ4n) is 4.72. The molecule has 0 N–H and O–H groups in total. The number of hydrogen-bond donors (Lipinski definition) is 0. The van der Waals surface area contributed by atoms with Gasteiger partial charge in [0, 0.05) is 5.92 Å². The second-order valence-electron chi connectivity index (χ2n) is 8.80. The lowest BCUT2D eigenvalue weighted by molar-refractivity contribution is 0.489. The lowest BCUT2D eigenvalue weighted by atomic mass is 9.80. The van der Waals surface area contributed by atoms with Gasteiger partial charge >= 0.3 is 0 Å². The number of benzene rings is 2. The van der Waals surface area contributed by atoms with Gasteiger partial charge in [-0.05, 0) is 47.9 Å². The van der Waals surface area contributed by atoms with Crippen molar-refractivity contribution in [2.45, 2.75) is 47.0 Å². The lowest BCUT2D eigenvalue weighted by Gasteiger charge is -2.24. The molecule has 132 valence electrons. The van der Waals surface area contributed by atoms with Gasteiger partial charge in [0.05, 0.1) is 0 Å². The van der Waals surface area contributed by atoms with Gasteiger partial charge in [-0.1, -0.05) is 104 Å². The molecule has 2 aliphatic carbocycles. The van der Waals surface area contributed by atoms with E-state index in [9.17, 15) is 0 Å². The highest BCUT2D eigenvalue weighted by Gasteiger charge is 2.32. The minimum Gasteiger partial charge on any atom is -0.0622 e. The Morgan fingerprint density at radius 2 is 1.58 bits per heavy atom. The number of fused-ring (bicyclic) bond motifs is 1. The molecular weight excluding hydrogens is 312 g/mol. The van der Waals surface area contributed by atoms with Crippen molar-refractivity contribution in [1.29, 1.82) is 0 Å². The first kappa shape index (κ1) is 17.1. The Balaban J connectivity index is 1.75. The van der Waals surface area contributed by atoms with E-state index in [1.165, 1.54) is 33.4 Å². The topological polar surface area (TPSA) is 0 Å². The molecule has 1 unspecified atom stereocenters. The molecule has 0 spiro atoms. The number of hydrogen-bond acceptors (Lipinski definition) is 0. The highest BCUT2D eigenvalue weighted by Crippen LogP contribution is 2.50. The van der Waals surface area contributed by atoms with Crippen LogP contribution in [0, 0.1) is 5.41 Å². The first-order valence-electron chi connectivity index (χ1n) is 9.63. The zero-order valence-corrected chi connectivity index (χ0v) is 16.6. The van der Waals surface area contributed by atoms with E-state index in [2.05, 4.69) is 95.3 Å². The molecule has 0 saturated heterocycles. The summed E-state index contributed by atoms with van der Waals surface area (Å²) in [4.78, 5) is 0. The van der Waals surface area contributed by atoms with Crippen LogP contribution in [0.15, 0.2) is 76.9 Å². The molecule has 0 radical (unpaired) electrons. The normalized spacial score (nSPS) is 19.5. The standard InChI is InChI=1S/C26H28/c1-17-14-20(16-24(17)26(3,4)5)25-18(2)15-23-21(12-9-13-22(23)25)19-10-7-6-8-11-19/h6-15,25H,16H2,1-5H3. The van der Waals surface area contributed by atoms with Gasteiger partial charge in [0.15, 0.2) is 0 Å². The Morgan fingerprint density at radius 1 is 0.846 bits per heavy atom. The minimum absolute atomic E-state index is 0.243. The van der Waals surface area contributed by atoms with E-state index in [0.29, 0.717) is 5.92 Å². The van der Waals surface area contributed by atoms with Gasteiger partial charge < -0.3 is 0 Å². The van der Waals surface area contributed by atoms with Crippen molar-refractivity contribution in [3.63, 3.8) is 0 Å². The minimum atomic E-state index is 0.243. The molecule has 0 heteroatoms. The molecule has 0 saturated carbocycles. The van der Waals surface area contributed by atoms with Gasteiger partial charge in [0.25, 0.3) is 0 Å². The quantitative estimate of drug-likeness (QED) is 0.529. The molecule has 0 nitrogen and oxygen atoms in total. The molecule has 0 heterocycles. The third-order valence-electron chi connectivity index (χ3n) is 5.90. The Hall–Kier alpha value is -2.34. The van der Waals surface area contributed by atoms with Gasteiger partial charge in [0.1, 0.15) is 0 Å². The molecule has 4 rings (SSSR count). The molecule has 2 aromatic carbocycles. The van der Waals surface area contributed by atoms with Crippen molar-refractivity contribution in [1.82, 2.24) is 0 Å². The van der Waals surface area contributed by atoms with E-state index in [1.807, 2.05) is 0 Å². The maximum absolute atomic E-state index is 2.45. The van der Waals surface area contributed by atoms with E-state index >= 15 is 0 Å². The molecule has 0 bridgehead atoms. The van der Waals surface area contributed by atoms with Crippen LogP contribution in [0.5, 0.6) is 0 Å². The largest absolute Gasteiger partial charge is 0.0622 e. The highest BCUT2D eigenvalue weighted by atomic mass is 14.4. The average Bonchev–Trinajstić information content (AvgIpc) is 3.14. The van der Waals surface area contributed by atoms with Gasteiger partial charge in [-0.3, -0.25) is 0 Å².